The molecule has 1 aromatic rings. The predicted octanol–water partition coefficient (Wildman–Crippen LogP) is 0.338. The number of ether oxygens (including phenoxy) is 1. The first kappa shape index (κ1) is 16.8. The molecule has 6 nitrogen and oxygen atoms in total. The number of nitrogens with zero attached hydrogens (tertiary/aromatic N) is 2. The lowest BCUT2D eigenvalue weighted by molar-refractivity contribution is -0.147. The molecule has 3 saturated heterocycles. The quantitative estimate of drug-likeness (QED) is 0.824. The van der Waals surface area contributed by atoms with E-state index in [1.54, 1.807) is 7.11 Å². The minimum atomic E-state index is -0.583. The molecule has 25 heavy (non-hydrogen) atoms. The summed E-state index contributed by atoms with van der Waals surface area (Å²) in [5.41, 5.74) is 0.701. The van der Waals surface area contributed by atoms with Crippen LogP contribution in [0.25, 0.3) is 0 Å². The molecule has 1 aromatic carbocycles. The van der Waals surface area contributed by atoms with Crippen LogP contribution < -0.4 is 10.1 Å². The zero-order chi connectivity index (χ0) is 17.6. The average Bonchev–Trinajstić information content (AvgIpc) is 3.11. The molecule has 0 aromatic heterocycles. The number of aliphatic hydroxyl groups is 1. The molecule has 0 saturated carbocycles. The lowest BCUT2D eigenvalue weighted by Gasteiger charge is -2.42. The minimum Gasteiger partial charge on any atom is -0.497 e. The van der Waals surface area contributed by atoms with Crippen LogP contribution in [-0.4, -0.2) is 74.3 Å². The summed E-state index contributed by atoms with van der Waals surface area (Å²) >= 11 is 0. The second-order valence-corrected chi connectivity index (χ2v) is 7.83. The first-order valence-corrected chi connectivity index (χ1v) is 9.03. The Hall–Kier alpha value is -1.63. The molecule has 6 heteroatoms. The molecular formula is C19H27N3O3. The van der Waals surface area contributed by atoms with Gasteiger partial charge in [0.25, 0.3) is 0 Å². The van der Waals surface area contributed by atoms with Crippen LogP contribution in [0.1, 0.15) is 11.6 Å². The summed E-state index contributed by atoms with van der Waals surface area (Å²) in [6, 6.07) is 8.62. The van der Waals surface area contributed by atoms with Gasteiger partial charge in [0.2, 0.25) is 5.91 Å². The molecule has 3 aliphatic heterocycles. The zero-order valence-corrected chi connectivity index (χ0v) is 14.9. The summed E-state index contributed by atoms with van der Waals surface area (Å²) in [4.78, 5) is 17.3. The topological polar surface area (TPSA) is 65.0 Å². The van der Waals surface area contributed by atoms with Gasteiger partial charge in [0.15, 0.2) is 0 Å². The predicted molar refractivity (Wildman–Crippen MR) is 94.3 cm³/mol. The lowest BCUT2D eigenvalue weighted by Crippen LogP contribution is -2.63. The van der Waals surface area contributed by atoms with Crippen LogP contribution in [0.15, 0.2) is 24.3 Å². The lowest BCUT2D eigenvalue weighted by atomic mass is 9.81. The molecule has 3 heterocycles. The summed E-state index contributed by atoms with van der Waals surface area (Å²) in [5, 5.41) is 12.8. The number of carbonyl (C=O) groups excluding carboxylic acids is 1. The van der Waals surface area contributed by atoms with Gasteiger partial charge in [0.05, 0.1) is 19.1 Å². The Morgan fingerprint density at radius 3 is 2.56 bits per heavy atom. The van der Waals surface area contributed by atoms with Gasteiger partial charge >= 0.3 is 0 Å². The Balaban J connectivity index is 1.51. The van der Waals surface area contributed by atoms with E-state index in [0.29, 0.717) is 31.0 Å². The highest BCUT2D eigenvalue weighted by Crippen LogP contribution is 2.45. The van der Waals surface area contributed by atoms with E-state index in [4.69, 9.17) is 4.74 Å². The molecule has 4 rings (SSSR count). The van der Waals surface area contributed by atoms with E-state index in [-0.39, 0.29) is 12.5 Å². The number of nitrogens with one attached hydrogen (secondary N) is 1. The van der Waals surface area contributed by atoms with Crippen LogP contribution in [0.2, 0.25) is 0 Å². The molecule has 0 aliphatic carbocycles. The molecule has 3 atom stereocenters. The van der Waals surface area contributed by atoms with Gasteiger partial charge in [-0.05, 0) is 30.7 Å². The fraction of sp³-hybridized carbons (Fsp3) is 0.632. The zero-order valence-electron chi connectivity index (χ0n) is 14.9. The summed E-state index contributed by atoms with van der Waals surface area (Å²) < 4.78 is 5.27. The highest BCUT2D eigenvalue weighted by atomic mass is 16.5. The molecule has 0 bridgehead atoms. The number of hydrogen-bond acceptors (Lipinski definition) is 5. The van der Waals surface area contributed by atoms with Crippen LogP contribution in [0, 0.1) is 17.3 Å². The number of likely N-dealkylation sites (tertiary alicyclic amines) is 2. The molecule has 3 fully saturated rings. The van der Waals surface area contributed by atoms with Gasteiger partial charge in [-0.2, -0.15) is 0 Å². The van der Waals surface area contributed by atoms with Gasteiger partial charge in [-0.25, -0.2) is 0 Å². The van der Waals surface area contributed by atoms with Crippen molar-refractivity contribution in [2.24, 2.45) is 17.3 Å². The van der Waals surface area contributed by atoms with E-state index >= 15 is 0 Å². The van der Waals surface area contributed by atoms with Crippen molar-refractivity contribution in [3.8, 4) is 5.75 Å². The number of methoxy groups -OCH3 is 1. The van der Waals surface area contributed by atoms with E-state index < -0.39 is 5.41 Å². The smallest absolute Gasteiger partial charge is 0.233 e. The fourth-order valence-electron chi connectivity index (χ4n) is 4.82. The Bertz CT molecular complexity index is 638. The first-order valence-electron chi connectivity index (χ1n) is 9.03. The van der Waals surface area contributed by atoms with E-state index in [9.17, 15) is 9.90 Å². The van der Waals surface area contributed by atoms with Crippen molar-refractivity contribution >= 4 is 5.91 Å². The van der Waals surface area contributed by atoms with Gasteiger partial charge in [0, 0.05) is 44.7 Å². The molecule has 0 radical (unpaired) electrons. The van der Waals surface area contributed by atoms with Crippen LogP contribution in [-0.2, 0) is 4.79 Å². The van der Waals surface area contributed by atoms with Gasteiger partial charge in [-0.15, -0.1) is 0 Å². The van der Waals surface area contributed by atoms with Crippen LogP contribution in [0.4, 0.5) is 0 Å². The highest BCUT2D eigenvalue weighted by molar-refractivity contribution is 5.85. The first-order chi connectivity index (χ1) is 12.1. The number of benzene rings is 1. The summed E-state index contributed by atoms with van der Waals surface area (Å²) in [6.07, 6.45) is 0. The van der Waals surface area contributed by atoms with E-state index in [1.165, 1.54) is 5.56 Å². The van der Waals surface area contributed by atoms with Crippen LogP contribution in [0.5, 0.6) is 5.75 Å². The summed E-state index contributed by atoms with van der Waals surface area (Å²) in [7, 11) is 3.85. The maximum absolute atomic E-state index is 12.9. The minimum absolute atomic E-state index is 0.0630. The molecule has 3 aliphatic rings. The summed E-state index contributed by atoms with van der Waals surface area (Å²) in [6.45, 7) is 3.72. The number of rotatable bonds is 4. The molecule has 136 valence electrons. The standard InChI is InChI=1S/C19H27N3O3/c1-21-7-14-8-22(18(24)19(12-23)10-20-11-19)9-16(14)17(21)13-3-5-15(25-2)6-4-13/h3-6,14,16-17,20,23H,7-12H2,1-2H3/t14-,16+,17-/m0/s1. The number of amides is 1. The molecule has 0 spiro atoms. The second-order valence-electron chi connectivity index (χ2n) is 7.83. The molecule has 0 unspecified atom stereocenters. The van der Waals surface area contributed by atoms with Crippen molar-refractivity contribution < 1.29 is 14.6 Å². The Labute approximate surface area is 148 Å². The Kier molecular flexibility index (Phi) is 4.22. The van der Waals surface area contributed by atoms with Crippen molar-refractivity contribution in [3.63, 3.8) is 0 Å². The van der Waals surface area contributed by atoms with Gasteiger partial charge in [0.1, 0.15) is 5.75 Å². The third-order valence-corrected chi connectivity index (χ3v) is 6.32. The normalized spacial score (nSPS) is 30.8. The van der Waals surface area contributed by atoms with Crippen LogP contribution >= 0.6 is 0 Å². The fourth-order valence-corrected chi connectivity index (χ4v) is 4.82. The van der Waals surface area contributed by atoms with Crippen molar-refractivity contribution in [1.82, 2.24) is 15.1 Å². The molecular weight excluding hydrogens is 318 g/mol. The average molecular weight is 345 g/mol. The van der Waals surface area contributed by atoms with Crippen molar-refractivity contribution in [2.75, 3.05) is 53.5 Å². The number of fused-ring (bicyclic) bond motifs is 1. The maximum atomic E-state index is 12.9. The van der Waals surface area contributed by atoms with E-state index in [0.717, 1.165) is 25.4 Å². The highest BCUT2D eigenvalue weighted by Gasteiger charge is 2.52. The molecule has 1 amide bonds. The van der Waals surface area contributed by atoms with Crippen molar-refractivity contribution in [2.45, 2.75) is 6.04 Å². The third kappa shape index (κ3) is 2.63. The SMILES string of the molecule is COc1ccc([C@H]2[C@@H]3CN(C(=O)C4(CO)CNC4)C[C@@H]3CN2C)cc1. The largest absolute Gasteiger partial charge is 0.497 e. The van der Waals surface area contributed by atoms with Gasteiger partial charge in [-0.1, -0.05) is 12.1 Å². The Morgan fingerprint density at radius 2 is 2.00 bits per heavy atom. The molecule has 2 N–H and O–H groups in total. The Morgan fingerprint density at radius 1 is 1.28 bits per heavy atom. The maximum Gasteiger partial charge on any atom is 0.233 e. The van der Waals surface area contributed by atoms with Gasteiger partial charge in [-0.3, -0.25) is 9.69 Å². The van der Waals surface area contributed by atoms with Crippen molar-refractivity contribution in [3.05, 3.63) is 29.8 Å². The number of carbonyl (C=O) groups is 1. The summed E-state index contributed by atoms with van der Waals surface area (Å²) in [5.74, 6) is 1.95. The van der Waals surface area contributed by atoms with E-state index in [2.05, 4.69) is 29.4 Å². The van der Waals surface area contributed by atoms with Gasteiger partial charge < -0.3 is 20.1 Å². The van der Waals surface area contributed by atoms with Crippen molar-refractivity contribution in [1.29, 1.82) is 0 Å². The van der Waals surface area contributed by atoms with E-state index in [1.807, 2.05) is 17.0 Å². The second kappa shape index (κ2) is 6.27. The van der Waals surface area contributed by atoms with Crippen LogP contribution in [0.3, 0.4) is 0 Å². The third-order valence-electron chi connectivity index (χ3n) is 6.32. The monoisotopic (exact) mass is 345 g/mol. The number of hydrogen-bond donors (Lipinski definition) is 2. The number of aliphatic hydroxyl groups excluding tert-OH is 1.